The number of carbonyl (C=O) groups excluding carboxylic acids is 2. The standard InChI is InChI=1S/C35H40N6O3/c1-26-22-31(28-14-15-32-33(23-28)39-44-38-32)35(36-24-42,27(2)37-26)41(25-43)19-9-18-40-20-16-34(17-21-40,29-10-5-3-6-11-29)30-12-7-4-8-13-30/h3-8,10-15,23-25,27,31H,9,16-22H2,1-2H3,(H,36,42). The second-order valence-electron chi connectivity index (χ2n) is 12.2. The van der Waals surface area contributed by atoms with E-state index in [0.717, 1.165) is 56.6 Å². The molecule has 2 aliphatic rings. The number of aromatic nitrogens is 2. The van der Waals surface area contributed by atoms with E-state index in [1.807, 2.05) is 32.0 Å². The summed E-state index contributed by atoms with van der Waals surface area (Å²) in [6.07, 6.45) is 5.00. The molecule has 0 spiro atoms. The Morgan fingerprint density at radius 3 is 2.25 bits per heavy atom. The first kappa shape index (κ1) is 29.7. The van der Waals surface area contributed by atoms with Gasteiger partial charge in [0.1, 0.15) is 16.7 Å². The topological polar surface area (TPSA) is 104 Å². The molecular weight excluding hydrogens is 552 g/mol. The maximum atomic E-state index is 12.8. The highest BCUT2D eigenvalue weighted by Crippen LogP contribution is 2.43. The van der Waals surface area contributed by atoms with E-state index in [0.29, 0.717) is 30.4 Å². The normalized spacial score (nSPS) is 23.5. The lowest BCUT2D eigenvalue weighted by Crippen LogP contribution is -2.69. The number of likely N-dealkylation sites (tertiary alicyclic amines) is 1. The van der Waals surface area contributed by atoms with Crippen molar-refractivity contribution < 1.29 is 14.2 Å². The number of amides is 2. The summed E-state index contributed by atoms with van der Waals surface area (Å²) in [5.74, 6) is -0.223. The number of benzene rings is 3. The van der Waals surface area contributed by atoms with Crippen molar-refractivity contribution in [3.63, 3.8) is 0 Å². The Morgan fingerprint density at radius 1 is 0.955 bits per heavy atom. The summed E-state index contributed by atoms with van der Waals surface area (Å²) in [5, 5.41) is 11.0. The highest BCUT2D eigenvalue weighted by atomic mass is 16.6. The molecule has 0 radical (unpaired) electrons. The highest BCUT2D eigenvalue weighted by Gasteiger charge is 2.51. The Labute approximate surface area is 258 Å². The van der Waals surface area contributed by atoms with E-state index < -0.39 is 5.66 Å². The Hall–Kier alpha value is -4.37. The summed E-state index contributed by atoms with van der Waals surface area (Å²) >= 11 is 0. The summed E-state index contributed by atoms with van der Waals surface area (Å²) in [5.41, 5.74) is 4.93. The van der Waals surface area contributed by atoms with Crippen LogP contribution in [0.15, 0.2) is 88.5 Å². The SMILES string of the molecule is CC1=NC(C)C(NC=O)(N(C=O)CCCN2CCC(c3ccccc3)(c3ccccc3)CC2)C(c2ccc3nonc3c2)C1. The molecule has 6 rings (SSSR count). The van der Waals surface area contributed by atoms with Crippen LogP contribution in [0.5, 0.6) is 0 Å². The van der Waals surface area contributed by atoms with Crippen LogP contribution in [0, 0.1) is 0 Å². The number of rotatable bonds is 11. The number of nitrogens with one attached hydrogen (secondary N) is 1. The Bertz CT molecular complexity index is 1560. The van der Waals surface area contributed by atoms with Gasteiger partial charge in [0.2, 0.25) is 12.8 Å². The number of carbonyl (C=O) groups is 2. The Balaban J connectivity index is 1.19. The van der Waals surface area contributed by atoms with Crippen molar-refractivity contribution in [1.29, 1.82) is 0 Å². The van der Waals surface area contributed by atoms with Crippen LogP contribution in [-0.2, 0) is 15.0 Å². The van der Waals surface area contributed by atoms with Crippen LogP contribution in [0.25, 0.3) is 11.0 Å². The lowest BCUT2D eigenvalue weighted by molar-refractivity contribution is -0.131. The van der Waals surface area contributed by atoms with E-state index in [9.17, 15) is 9.59 Å². The van der Waals surface area contributed by atoms with Crippen molar-refractivity contribution in [2.75, 3.05) is 26.2 Å². The fraction of sp³-hybridized carbons (Fsp3) is 0.400. The van der Waals surface area contributed by atoms with E-state index in [1.165, 1.54) is 11.1 Å². The van der Waals surface area contributed by atoms with Crippen LogP contribution in [0.1, 0.15) is 62.1 Å². The number of hydrogen-bond acceptors (Lipinski definition) is 7. The van der Waals surface area contributed by atoms with Gasteiger partial charge in [-0.15, -0.1) is 0 Å². The zero-order valence-corrected chi connectivity index (χ0v) is 25.4. The molecule has 9 nitrogen and oxygen atoms in total. The third-order valence-corrected chi connectivity index (χ3v) is 9.89. The maximum absolute atomic E-state index is 12.8. The summed E-state index contributed by atoms with van der Waals surface area (Å²) in [7, 11) is 0. The molecule has 0 saturated carbocycles. The molecule has 0 bridgehead atoms. The average molecular weight is 593 g/mol. The maximum Gasteiger partial charge on any atom is 0.211 e. The zero-order valence-electron chi connectivity index (χ0n) is 25.4. The molecule has 44 heavy (non-hydrogen) atoms. The van der Waals surface area contributed by atoms with E-state index in [2.05, 4.69) is 81.2 Å². The van der Waals surface area contributed by atoms with E-state index in [1.54, 1.807) is 4.90 Å². The van der Waals surface area contributed by atoms with Crippen molar-refractivity contribution in [3.8, 4) is 0 Å². The van der Waals surface area contributed by atoms with Crippen LogP contribution in [-0.4, -0.2) is 76.5 Å². The molecule has 1 saturated heterocycles. The summed E-state index contributed by atoms with van der Waals surface area (Å²) in [6, 6.07) is 27.2. The van der Waals surface area contributed by atoms with Crippen LogP contribution in [0.4, 0.5) is 0 Å². The van der Waals surface area contributed by atoms with Crippen molar-refractivity contribution >= 4 is 29.6 Å². The van der Waals surface area contributed by atoms with Gasteiger partial charge in [-0.05, 0) is 98.3 Å². The molecule has 4 aromatic rings. The van der Waals surface area contributed by atoms with Gasteiger partial charge in [-0.25, -0.2) is 4.63 Å². The van der Waals surface area contributed by atoms with Crippen molar-refractivity contribution in [1.82, 2.24) is 25.4 Å². The highest BCUT2D eigenvalue weighted by molar-refractivity contribution is 5.85. The van der Waals surface area contributed by atoms with E-state index >= 15 is 0 Å². The minimum Gasteiger partial charge on any atom is -0.333 e. The quantitative estimate of drug-likeness (QED) is 0.196. The zero-order chi connectivity index (χ0) is 30.6. The fourth-order valence-electron chi connectivity index (χ4n) is 7.66. The lowest BCUT2D eigenvalue weighted by atomic mass is 9.68. The lowest BCUT2D eigenvalue weighted by Gasteiger charge is -2.51. The van der Waals surface area contributed by atoms with Gasteiger partial charge in [0.05, 0.1) is 6.04 Å². The van der Waals surface area contributed by atoms with Crippen LogP contribution >= 0.6 is 0 Å². The molecule has 9 heteroatoms. The molecule has 2 amide bonds. The fourth-order valence-corrected chi connectivity index (χ4v) is 7.66. The number of piperidine rings is 1. The number of aliphatic imine (C=N–C) groups is 1. The first-order chi connectivity index (χ1) is 21.5. The molecule has 3 aromatic carbocycles. The van der Waals surface area contributed by atoms with Gasteiger partial charge in [-0.3, -0.25) is 14.6 Å². The first-order valence-electron chi connectivity index (χ1n) is 15.5. The summed E-state index contributed by atoms with van der Waals surface area (Å²) in [6.45, 7) is 7.26. The van der Waals surface area contributed by atoms with Crippen molar-refractivity contribution in [2.24, 2.45) is 4.99 Å². The number of hydrogen-bond donors (Lipinski definition) is 1. The van der Waals surface area contributed by atoms with Gasteiger partial charge < -0.3 is 15.1 Å². The third kappa shape index (κ3) is 5.41. The second kappa shape index (κ2) is 12.7. The van der Waals surface area contributed by atoms with Crippen molar-refractivity contribution in [3.05, 3.63) is 95.6 Å². The minimum absolute atomic E-state index is 0.00707. The second-order valence-corrected chi connectivity index (χ2v) is 12.2. The van der Waals surface area contributed by atoms with Gasteiger partial charge >= 0.3 is 0 Å². The molecule has 1 N–H and O–H groups in total. The molecule has 1 fully saturated rings. The minimum atomic E-state index is -1.02. The molecule has 3 unspecified atom stereocenters. The molecule has 228 valence electrons. The Morgan fingerprint density at radius 2 is 1.61 bits per heavy atom. The molecule has 1 aromatic heterocycles. The van der Waals surface area contributed by atoms with Gasteiger partial charge in [0, 0.05) is 23.6 Å². The number of fused-ring (bicyclic) bond motifs is 1. The first-order valence-corrected chi connectivity index (χ1v) is 15.5. The largest absolute Gasteiger partial charge is 0.333 e. The molecule has 0 aliphatic carbocycles. The molecular formula is C35H40N6O3. The average Bonchev–Trinajstić information content (AvgIpc) is 3.54. The molecule has 2 aliphatic heterocycles. The summed E-state index contributed by atoms with van der Waals surface area (Å²) in [4.78, 5) is 34.1. The van der Waals surface area contributed by atoms with Crippen LogP contribution in [0.3, 0.4) is 0 Å². The van der Waals surface area contributed by atoms with Gasteiger partial charge in [0.25, 0.3) is 0 Å². The van der Waals surface area contributed by atoms with E-state index in [4.69, 9.17) is 9.62 Å². The van der Waals surface area contributed by atoms with Crippen LogP contribution in [0.2, 0.25) is 0 Å². The summed E-state index contributed by atoms with van der Waals surface area (Å²) < 4.78 is 4.92. The van der Waals surface area contributed by atoms with Gasteiger partial charge in [-0.1, -0.05) is 66.7 Å². The molecule has 3 heterocycles. The monoisotopic (exact) mass is 592 g/mol. The van der Waals surface area contributed by atoms with Gasteiger partial charge in [0.15, 0.2) is 0 Å². The smallest absolute Gasteiger partial charge is 0.211 e. The Kier molecular flexibility index (Phi) is 8.57. The predicted octanol–water partition coefficient (Wildman–Crippen LogP) is 4.93. The van der Waals surface area contributed by atoms with Crippen molar-refractivity contribution in [2.45, 2.75) is 62.6 Å². The van der Waals surface area contributed by atoms with E-state index in [-0.39, 0.29) is 17.4 Å². The predicted molar refractivity (Wildman–Crippen MR) is 170 cm³/mol. The number of nitrogens with zero attached hydrogens (tertiary/aromatic N) is 5. The van der Waals surface area contributed by atoms with Crippen LogP contribution < -0.4 is 5.32 Å². The third-order valence-electron chi connectivity index (χ3n) is 9.89. The molecule has 3 atom stereocenters. The van der Waals surface area contributed by atoms with Gasteiger partial charge in [-0.2, -0.15) is 0 Å².